The van der Waals surface area contributed by atoms with Gasteiger partial charge in [0.25, 0.3) is 0 Å². The Hall–Kier alpha value is -1.26. The molecule has 1 aromatic rings. The molecule has 0 bridgehead atoms. The number of halogens is 1. The summed E-state index contributed by atoms with van der Waals surface area (Å²) in [7, 11) is 0. The maximum atomic E-state index is 12.1. The number of rotatable bonds is 2. The Bertz CT molecular complexity index is 456. The van der Waals surface area contributed by atoms with E-state index in [0.29, 0.717) is 5.02 Å². The van der Waals surface area contributed by atoms with E-state index >= 15 is 0 Å². The van der Waals surface area contributed by atoms with Gasteiger partial charge in [-0.15, -0.1) is 0 Å². The smallest absolute Gasteiger partial charge is 0.321 e. The number of amides is 2. The Labute approximate surface area is 119 Å². The Morgan fingerprint density at radius 2 is 2.00 bits per heavy atom. The second-order valence-electron chi connectivity index (χ2n) is 4.82. The first kappa shape index (κ1) is 14.2. The number of carbonyl (C=O) groups is 1. The molecular weight excluding hydrogens is 262 g/mol. The predicted octanol–water partition coefficient (Wildman–Crippen LogP) is 2.82. The van der Waals surface area contributed by atoms with Gasteiger partial charge in [-0.1, -0.05) is 24.6 Å². The van der Waals surface area contributed by atoms with Crippen molar-refractivity contribution in [3.63, 3.8) is 0 Å². The molecular formula is C14H20ClN3O. The molecule has 19 heavy (non-hydrogen) atoms. The molecule has 0 atom stereocenters. The Balaban J connectivity index is 1.92. The molecule has 0 aromatic heterocycles. The number of carbonyl (C=O) groups excluding carboxylic acids is 1. The summed E-state index contributed by atoms with van der Waals surface area (Å²) in [5.41, 5.74) is 1.76. The van der Waals surface area contributed by atoms with Crippen molar-refractivity contribution < 1.29 is 4.79 Å². The van der Waals surface area contributed by atoms with Crippen LogP contribution in [-0.4, -0.2) is 48.6 Å². The van der Waals surface area contributed by atoms with Crippen molar-refractivity contribution >= 4 is 23.3 Å². The minimum atomic E-state index is -0.0457. The Morgan fingerprint density at radius 1 is 1.32 bits per heavy atom. The fourth-order valence-electron chi connectivity index (χ4n) is 2.14. The lowest BCUT2D eigenvalue weighted by atomic mass is 10.2. The van der Waals surface area contributed by atoms with Crippen LogP contribution in [0.1, 0.15) is 12.5 Å². The third kappa shape index (κ3) is 3.61. The predicted molar refractivity (Wildman–Crippen MR) is 78.9 cm³/mol. The summed E-state index contributed by atoms with van der Waals surface area (Å²) in [6.45, 7) is 8.57. The highest BCUT2D eigenvalue weighted by atomic mass is 35.5. The number of nitrogens with zero attached hydrogens (tertiary/aromatic N) is 2. The van der Waals surface area contributed by atoms with E-state index in [1.165, 1.54) is 0 Å². The highest BCUT2D eigenvalue weighted by Gasteiger charge is 2.20. The van der Waals surface area contributed by atoms with Crippen molar-refractivity contribution in [3.8, 4) is 0 Å². The molecule has 1 saturated heterocycles. The van der Waals surface area contributed by atoms with Gasteiger partial charge in [-0.05, 0) is 31.2 Å². The molecule has 5 heteroatoms. The van der Waals surface area contributed by atoms with Gasteiger partial charge in [-0.25, -0.2) is 4.79 Å². The maximum absolute atomic E-state index is 12.1. The normalized spacial score (nSPS) is 16.5. The van der Waals surface area contributed by atoms with Crippen molar-refractivity contribution in [2.24, 2.45) is 0 Å². The molecule has 2 rings (SSSR count). The number of nitrogens with one attached hydrogen (secondary N) is 1. The second-order valence-corrected chi connectivity index (χ2v) is 5.22. The average Bonchev–Trinajstić information content (AvgIpc) is 2.43. The van der Waals surface area contributed by atoms with E-state index in [1.54, 1.807) is 6.07 Å². The zero-order valence-electron chi connectivity index (χ0n) is 11.4. The molecule has 0 radical (unpaired) electrons. The van der Waals surface area contributed by atoms with Crippen LogP contribution in [0.15, 0.2) is 18.2 Å². The first-order valence-electron chi connectivity index (χ1n) is 6.64. The topological polar surface area (TPSA) is 35.6 Å². The number of hydrogen-bond donors (Lipinski definition) is 1. The van der Waals surface area contributed by atoms with Crippen molar-refractivity contribution in [3.05, 3.63) is 28.8 Å². The van der Waals surface area contributed by atoms with Gasteiger partial charge in [-0.3, -0.25) is 0 Å². The standard InChI is InChI=1S/C14H20ClN3O/c1-3-17-6-8-18(9-7-17)14(19)16-12-5-4-11(2)13(15)10-12/h4-5,10H,3,6-9H2,1-2H3,(H,16,19). The first-order chi connectivity index (χ1) is 9.10. The lowest BCUT2D eigenvalue weighted by Crippen LogP contribution is -2.49. The zero-order chi connectivity index (χ0) is 13.8. The minimum Gasteiger partial charge on any atom is -0.322 e. The molecule has 1 N–H and O–H groups in total. The van der Waals surface area contributed by atoms with Gasteiger partial charge in [0.15, 0.2) is 0 Å². The summed E-state index contributed by atoms with van der Waals surface area (Å²) >= 11 is 6.05. The van der Waals surface area contributed by atoms with Crippen LogP contribution in [0.5, 0.6) is 0 Å². The SMILES string of the molecule is CCN1CCN(C(=O)Nc2ccc(C)c(Cl)c2)CC1. The van der Waals surface area contributed by atoms with Crippen LogP contribution in [0.2, 0.25) is 5.02 Å². The van der Waals surface area contributed by atoms with Crippen LogP contribution in [0.3, 0.4) is 0 Å². The van der Waals surface area contributed by atoms with E-state index in [2.05, 4.69) is 17.1 Å². The number of anilines is 1. The van der Waals surface area contributed by atoms with Gasteiger partial charge in [0, 0.05) is 36.9 Å². The Morgan fingerprint density at radius 3 is 2.58 bits per heavy atom. The third-order valence-corrected chi connectivity index (χ3v) is 3.94. The number of benzene rings is 1. The minimum absolute atomic E-state index is 0.0457. The van der Waals surface area contributed by atoms with Crippen molar-refractivity contribution in [1.29, 1.82) is 0 Å². The van der Waals surface area contributed by atoms with Gasteiger partial charge in [-0.2, -0.15) is 0 Å². The molecule has 4 nitrogen and oxygen atoms in total. The van der Waals surface area contributed by atoms with Crippen LogP contribution in [0, 0.1) is 6.92 Å². The van der Waals surface area contributed by atoms with E-state index in [4.69, 9.17) is 11.6 Å². The number of aryl methyl sites for hydroxylation is 1. The molecule has 2 amide bonds. The number of piperazine rings is 1. The largest absolute Gasteiger partial charge is 0.322 e. The molecule has 1 heterocycles. The molecule has 0 unspecified atom stereocenters. The van der Waals surface area contributed by atoms with E-state index in [-0.39, 0.29) is 6.03 Å². The third-order valence-electron chi connectivity index (χ3n) is 3.53. The summed E-state index contributed by atoms with van der Waals surface area (Å²) in [5, 5.41) is 3.57. The first-order valence-corrected chi connectivity index (χ1v) is 7.02. The second kappa shape index (κ2) is 6.26. The highest BCUT2D eigenvalue weighted by molar-refractivity contribution is 6.31. The van der Waals surface area contributed by atoms with E-state index in [0.717, 1.165) is 44.0 Å². The van der Waals surface area contributed by atoms with Crippen LogP contribution < -0.4 is 5.32 Å². The Kier molecular flexibility index (Phi) is 4.66. The average molecular weight is 282 g/mol. The molecule has 1 fully saturated rings. The van der Waals surface area contributed by atoms with Crippen LogP contribution in [0.25, 0.3) is 0 Å². The van der Waals surface area contributed by atoms with Gasteiger partial charge in [0.2, 0.25) is 0 Å². The quantitative estimate of drug-likeness (QED) is 0.905. The molecule has 0 spiro atoms. The summed E-state index contributed by atoms with van der Waals surface area (Å²) in [5.74, 6) is 0. The molecule has 1 aromatic carbocycles. The van der Waals surface area contributed by atoms with E-state index in [9.17, 15) is 4.79 Å². The summed E-state index contributed by atoms with van der Waals surface area (Å²) < 4.78 is 0. The van der Waals surface area contributed by atoms with Gasteiger partial charge in [0.05, 0.1) is 0 Å². The van der Waals surface area contributed by atoms with Crippen LogP contribution >= 0.6 is 11.6 Å². The molecule has 1 aliphatic rings. The van der Waals surface area contributed by atoms with Crippen molar-refractivity contribution in [2.45, 2.75) is 13.8 Å². The highest BCUT2D eigenvalue weighted by Crippen LogP contribution is 2.20. The molecule has 0 saturated carbocycles. The van der Waals surface area contributed by atoms with Gasteiger partial charge < -0.3 is 15.1 Å². The van der Waals surface area contributed by atoms with Gasteiger partial charge in [0.1, 0.15) is 0 Å². The van der Waals surface area contributed by atoms with Crippen molar-refractivity contribution in [2.75, 3.05) is 38.0 Å². The fourth-order valence-corrected chi connectivity index (χ4v) is 2.32. The summed E-state index contributed by atoms with van der Waals surface area (Å²) in [4.78, 5) is 16.3. The van der Waals surface area contributed by atoms with Crippen molar-refractivity contribution in [1.82, 2.24) is 9.80 Å². The van der Waals surface area contributed by atoms with Gasteiger partial charge >= 0.3 is 6.03 Å². The number of urea groups is 1. The molecule has 104 valence electrons. The lowest BCUT2D eigenvalue weighted by Gasteiger charge is -2.34. The maximum Gasteiger partial charge on any atom is 0.321 e. The van der Waals surface area contributed by atoms with Crippen LogP contribution in [-0.2, 0) is 0 Å². The zero-order valence-corrected chi connectivity index (χ0v) is 12.2. The van der Waals surface area contributed by atoms with E-state index < -0.39 is 0 Å². The van der Waals surface area contributed by atoms with Crippen LogP contribution in [0.4, 0.5) is 10.5 Å². The lowest BCUT2D eigenvalue weighted by molar-refractivity contribution is 0.151. The number of likely N-dealkylation sites (N-methyl/N-ethyl adjacent to an activating group) is 1. The van der Waals surface area contributed by atoms with E-state index in [1.807, 2.05) is 24.0 Å². The molecule has 1 aliphatic heterocycles. The number of hydrogen-bond acceptors (Lipinski definition) is 2. The summed E-state index contributed by atoms with van der Waals surface area (Å²) in [6, 6.07) is 5.53. The fraction of sp³-hybridized carbons (Fsp3) is 0.500. The monoisotopic (exact) mass is 281 g/mol. The summed E-state index contributed by atoms with van der Waals surface area (Å²) in [6.07, 6.45) is 0. The molecule has 0 aliphatic carbocycles.